The standard InChI is InChI=1S/C15H30N2O2/c1-4-6-10-17(11-7-5-2)12-15(3,14(18)19)16-13-8-9-13/h13,16H,4-12H2,1-3H3,(H,18,19). The van der Waals surface area contributed by atoms with Crippen LogP contribution < -0.4 is 5.32 Å². The Bertz CT molecular complexity index is 271. The molecule has 19 heavy (non-hydrogen) atoms. The molecule has 1 aliphatic carbocycles. The third-order valence-electron chi connectivity index (χ3n) is 3.77. The quantitative estimate of drug-likeness (QED) is 0.605. The van der Waals surface area contributed by atoms with Gasteiger partial charge in [0.15, 0.2) is 0 Å². The molecule has 0 heterocycles. The van der Waals surface area contributed by atoms with Crippen molar-refractivity contribution in [2.75, 3.05) is 19.6 Å². The van der Waals surface area contributed by atoms with Gasteiger partial charge < -0.3 is 10.0 Å². The van der Waals surface area contributed by atoms with Crippen LogP contribution in [0, 0.1) is 0 Å². The van der Waals surface area contributed by atoms with E-state index in [1.807, 2.05) is 6.92 Å². The Balaban J connectivity index is 2.56. The van der Waals surface area contributed by atoms with Gasteiger partial charge in [-0.25, -0.2) is 0 Å². The predicted molar refractivity (Wildman–Crippen MR) is 78.5 cm³/mol. The lowest BCUT2D eigenvalue weighted by Crippen LogP contribution is -2.57. The number of nitrogens with one attached hydrogen (secondary N) is 1. The topological polar surface area (TPSA) is 52.6 Å². The Morgan fingerprint density at radius 2 is 1.79 bits per heavy atom. The number of carboxylic acids is 1. The molecule has 1 unspecified atom stereocenters. The van der Waals surface area contributed by atoms with E-state index in [0.29, 0.717) is 12.6 Å². The molecule has 4 nitrogen and oxygen atoms in total. The number of nitrogens with zero attached hydrogens (tertiary/aromatic N) is 1. The van der Waals surface area contributed by atoms with Crippen LogP contribution in [-0.4, -0.2) is 47.2 Å². The van der Waals surface area contributed by atoms with Crippen molar-refractivity contribution in [2.24, 2.45) is 0 Å². The number of aliphatic carboxylic acids is 1. The lowest BCUT2D eigenvalue weighted by Gasteiger charge is -2.33. The number of hydrogen-bond acceptors (Lipinski definition) is 3. The lowest BCUT2D eigenvalue weighted by molar-refractivity contribution is -0.145. The summed E-state index contributed by atoms with van der Waals surface area (Å²) in [5.74, 6) is -0.725. The van der Waals surface area contributed by atoms with Crippen LogP contribution in [0.3, 0.4) is 0 Å². The summed E-state index contributed by atoms with van der Waals surface area (Å²) in [5, 5.41) is 12.8. The van der Waals surface area contributed by atoms with E-state index in [1.54, 1.807) is 0 Å². The van der Waals surface area contributed by atoms with Crippen LogP contribution in [0.4, 0.5) is 0 Å². The van der Waals surface area contributed by atoms with Gasteiger partial charge >= 0.3 is 5.97 Å². The number of rotatable bonds is 11. The molecule has 0 spiro atoms. The van der Waals surface area contributed by atoms with Crippen LogP contribution in [0.5, 0.6) is 0 Å². The minimum Gasteiger partial charge on any atom is -0.480 e. The number of unbranched alkanes of at least 4 members (excludes halogenated alkanes) is 2. The van der Waals surface area contributed by atoms with Crippen LogP contribution in [0.1, 0.15) is 59.3 Å². The van der Waals surface area contributed by atoms with Gasteiger partial charge in [0.25, 0.3) is 0 Å². The van der Waals surface area contributed by atoms with Gasteiger partial charge in [0, 0.05) is 12.6 Å². The van der Waals surface area contributed by atoms with E-state index in [-0.39, 0.29) is 0 Å². The van der Waals surface area contributed by atoms with Crippen molar-refractivity contribution >= 4 is 5.97 Å². The fourth-order valence-corrected chi connectivity index (χ4v) is 2.33. The number of carboxylic acid groups (broad SMARTS) is 1. The fourth-order valence-electron chi connectivity index (χ4n) is 2.33. The number of hydrogen-bond donors (Lipinski definition) is 2. The molecule has 0 saturated heterocycles. The highest BCUT2D eigenvalue weighted by Gasteiger charge is 2.39. The zero-order valence-electron chi connectivity index (χ0n) is 12.7. The molecule has 1 fully saturated rings. The van der Waals surface area contributed by atoms with E-state index in [9.17, 15) is 9.90 Å². The second-order valence-corrected chi connectivity index (χ2v) is 6.04. The highest BCUT2D eigenvalue weighted by Crippen LogP contribution is 2.23. The van der Waals surface area contributed by atoms with Gasteiger partial charge in [-0.05, 0) is 45.7 Å². The van der Waals surface area contributed by atoms with E-state index in [1.165, 1.54) is 0 Å². The summed E-state index contributed by atoms with van der Waals surface area (Å²) in [6, 6.07) is 0.417. The van der Waals surface area contributed by atoms with Gasteiger partial charge in [-0.15, -0.1) is 0 Å². The smallest absolute Gasteiger partial charge is 0.324 e. The van der Waals surface area contributed by atoms with Gasteiger partial charge in [0.05, 0.1) is 0 Å². The molecule has 2 N–H and O–H groups in total. The van der Waals surface area contributed by atoms with E-state index in [0.717, 1.165) is 51.6 Å². The minimum absolute atomic E-state index is 0.417. The Morgan fingerprint density at radius 3 is 2.16 bits per heavy atom. The SMILES string of the molecule is CCCCN(CCCC)CC(C)(NC1CC1)C(=O)O. The summed E-state index contributed by atoms with van der Waals surface area (Å²) in [6.45, 7) is 8.81. The summed E-state index contributed by atoms with van der Waals surface area (Å²) in [4.78, 5) is 13.9. The molecule has 0 aromatic heterocycles. The second kappa shape index (κ2) is 7.85. The van der Waals surface area contributed by atoms with Crippen LogP contribution in [0.25, 0.3) is 0 Å². The maximum Gasteiger partial charge on any atom is 0.324 e. The van der Waals surface area contributed by atoms with E-state index < -0.39 is 11.5 Å². The Kier molecular flexibility index (Phi) is 6.80. The van der Waals surface area contributed by atoms with Crippen molar-refractivity contribution in [1.29, 1.82) is 0 Å². The predicted octanol–water partition coefficient (Wildman–Crippen LogP) is 2.48. The van der Waals surface area contributed by atoms with Crippen LogP contribution in [0.2, 0.25) is 0 Å². The molecule has 112 valence electrons. The first kappa shape index (κ1) is 16.4. The van der Waals surface area contributed by atoms with E-state index >= 15 is 0 Å². The zero-order chi connectivity index (χ0) is 14.3. The second-order valence-electron chi connectivity index (χ2n) is 6.04. The van der Waals surface area contributed by atoms with Gasteiger partial charge in [0.1, 0.15) is 5.54 Å². The van der Waals surface area contributed by atoms with E-state index in [2.05, 4.69) is 24.1 Å². The van der Waals surface area contributed by atoms with Crippen LogP contribution in [-0.2, 0) is 4.79 Å². The first-order valence-corrected chi connectivity index (χ1v) is 7.75. The maximum atomic E-state index is 11.6. The summed E-state index contributed by atoms with van der Waals surface area (Å²) < 4.78 is 0. The summed E-state index contributed by atoms with van der Waals surface area (Å²) in [5.41, 5.74) is -0.803. The number of carbonyl (C=O) groups is 1. The van der Waals surface area contributed by atoms with Gasteiger partial charge in [0.2, 0.25) is 0 Å². The molecular weight excluding hydrogens is 240 g/mol. The Labute approximate surface area is 117 Å². The molecule has 0 aromatic carbocycles. The normalized spacial score (nSPS) is 18.5. The summed E-state index contributed by atoms with van der Waals surface area (Å²) in [7, 11) is 0. The highest BCUT2D eigenvalue weighted by atomic mass is 16.4. The minimum atomic E-state index is -0.803. The molecule has 0 amide bonds. The Morgan fingerprint density at radius 1 is 1.26 bits per heavy atom. The van der Waals surface area contributed by atoms with E-state index in [4.69, 9.17) is 0 Å². The van der Waals surface area contributed by atoms with Crippen molar-refractivity contribution in [3.8, 4) is 0 Å². The average Bonchev–Trinajstić information content (AvgIpc) is 3.16. The summed E-state index contributed by atoms with van der Waals surface area (Å²) >= 11 is 0. The van der Waals surface area contributed by atoms with Crippen molar-refractivity contribution in [1.82, 2.24) is 10.2 Å². The largest absolute Gasteiger partial charge is 0.480 e. The average molecular weight is 270 g/mol. The highest BCUT2D eigenvalue weighted by molar-refractivity contribution is 5.78. The first-order valence-electron chi connectivity index (χ1n) is 7.75. The third-order valence-corrected chi connectivity index (χ3v) is 3.77. The van der Waals surface area contributed by atoms with Gasteiger partial charge in [-0.3, -0.25) is 10.1 Å². The molecule has 1 atom stereocenters. The van der Waals surface area contributed by atoms with Crippen LogP contribution >= 0.6 is 0 Å². The van der Waals surface area contributed by atoms with Crippen molar-refractivity contribution in [3.05, 3.63) is 0 Å². The van der Waals surface area contributed by atoms with Crippen LogP contribution in [0.15, 0.2) is 0 Å². The monoisotopic (exact) mass is 270 g/mol. The molecule has 4 heteroatoms. The zero-order valence-corrected chi connectivity index (χ0v) is 12.7. The molecule has 1 aliphatic rings. The molecule has 0 aliphatic heterocycles. The van der Waals surface area contributed by atoms with Crippen molar-refractivity contribution in [3.63, 3.8) is 0 Å². The fraction of sp³-hybridized carbons (Fsp3) is 0.933. The molecular formula is C15H30N2O2. The van der Waals surface area contributed by atoms with Gasteiger partial charge in [-0.2, -0.15) is 0 Å². The molecule has 0 radical (unpaired) electrons. The lowest BCUT2D eigenvalue weighted by atomic mass is 10.0. The third kappa shape index (κ3) is 5.91. The van der Waals surface area contributed by atoms with Gasteiger partial charge in [-0.1, -0.05) is 26.7 Å². The van der Waals surface area contributed by atoms with Crippen molar-refractivity contribution in [2.45, 2.75) is 70.9 Å². The Hall–Kier alpha value is -0.610. The molecule has 0 bridgehead atoms. The first-order chi connectivity index (χ1) is 9.01. The molecule has 1 rings (SSSR count). The van der Waals surface area contributed by atoms with Crippen molar-refractivity contribution < 1.29 is 9.90 Å². The molecule has 1 saturated carbocycles. The maximum absolute atomic E-state index is 11.6. The molecule has 0 aromatic rings. The summed E-state index contributed by atoms with van der Waals surface area (Å²) in [6.07, 6.45) is 6.83.